The zero-order valence-electron chi connectivity index (χ0n) is 13.8. The van der Waals surface area contributed by atoms with Crippen molar-refractivity contribution < 1.29 is 17.9 Å². The normalized spacial score (nSPS) is 24.3. The van der Waals surface area contributed by atoms with E-state index in [1.54, 1.807) is 0 Å². The van der Waals surface area contributed by atoms with E-state index in [1.807, 2.05) is 0 Å². The van der Waals surface area contributed by atoms with Crippen molar-refractivity contribution in [1.29, 1.82) is 0 Å². The Morgan fingerprint density at radius 3 is 2.38 bits per heavy atom. The van der Waals surface area contributed by atoms with Gasteiger partial charge in [-0.3, -0.25) is 4.90 Å². The van der Waals surface area contributed by atoms with Crippen LogP contribution in [0.3, 0.4) is 0 Å². The number of rotatable bonds is 5. The molecule has 1 rings (SSSR count). The highest BCUT2D eigenvalue weighted by molar-refractivity contribution is 4.96. The molecule has 0 aromatic heterocycles. The monoisotopic (exact) mass is 310 g/mol. The SMILES string of the molecule is CC(C)(C)C1CN(CCCOCC(F)(F)F)C(C)(C)CN1. The molecule has 6 heteroatoms. The van der Waals surface area contributed by atoms with Gasteiger partial charge in [-0.25, -0.2) is 0 Å². The van der Waals surface area contributed by atoms with E-state index >= 15 is 0 Å². The van der Waals surface area contributed by atoms with Crippen LogP contribution in [0.1, 0.15) is 41.0 Å². The Labute approximate surface area is 126 Å². The van der Waals surface area contributed by atoms with Crippen LogP contribution in [0.25, 0.3) is 0 Å². The summed E-state index contributed by atoms with van der Waals surface area (Å²) in [5, 5.41) is 3.58. The van der Waals surface area contributed by atoms with Crippen molar-refractivity contribution in [2.75, 3.05) is 32.8 Å². The maximum atomic E-state index is 12.0. The van der Waals surface area contributed by atoms with E-state index in [1.165, 1.54) is 0 Å². The second-order valence-corrected chi connectivity index (χ2v) is 7.58. The minimum Gasteiger partial charge on any atom is -0.372 e. The first-order valence-electron chi connectivity index (χ1n) is 7.55. The summed E-state index contributed by atoms with van der Waals surface area (Å²) in [6.45, 7) is 12.5. The van der Waals surface area contributed by atoms with Gasteiger partial charge in [-0.2, -0.15) is 13.2 Å². The molecule has 1 fully saturated rings. The molecule has 1 N–H and O–H groups in total. The molecule has 3 nitrogen and oxygen atoms in total. The quantitative estimate of drug-likeness (QED) is 0.790. The van der Waals surface area contributed by atoms with Crippen molar-refractivity contribution in [3.63, 3.8) is 0 Å². The molecule has 21 heavy (non-hydrogen) atoms. The average molecular weight is 310 g/mol. The van der Waals surface area contributed by atoms with E-state index in [2.05, 4.69) is 49.6 Å². The standard InChI is InChI=1S/C15H29F3N2O/c1-13(2,3)12-9-20(14(4,5)10-19-12)7-6-8-21-11-15(16,17)18/h12,19H,6-11H2,1-5H3. The van der Waals surface area contributed by atoms with Gasteiger partial charge >= 0.3 is 6.18 Å². The van der Waals surface area contributed by atoms with E-state index in [0.29, 0.717) is 12.5 Å². The van der Waals surface area contributed by atoms with Gasteiger partial charge in [0.2, 0.25) is 0 Å². The smallest absolute Gasteiger partial charge is 0.372 e. The minimum absolute atomic E-state index is 0.0196. The van der Waals surface area contributed by atoms with Crippen LogP contribution in [0.15, 0.2) is 0 Å². The molecule has 1 unspecified atom stereocenters. The summed E-state index contributed by atoms with van der Waals surface area (Å²) in [5.74, 6) is 0. The predicted molar refractivity (Wildman–Crippen MR) is 78.4 cm³/mol. The molecule has 126 valence electrons. The Morgan fingerprint density at radius 2 is 1.86 bits per heavy atom. The average Bonchev–Trinajstić information content (AvgIpc) is 2.27. The second kappa shape index (κ2) is 6.84. The Kier molecular flexibility index (Phi) is 6.09. The topological polar surface area (TPSA) is 24.5 Å². The van der Waals surface area contributed by atoms with E-state index in [0.717, 1.165) is 19.6 Å². The molecule has 0 saturated carbocycles. The lowest BCUT2D eigenvalue weighted by molar-refractivity contribution is -0.174. The van der Waals surface area contributed by atoms with Gasteiger partial charge in [-0.15, -0.1) is 0 Å². The van der Waals surface area contributed by atoms with Crippen LogP contribution in [0.2, 0.25) is 0 Å². The molecule has 0 radical (unpaired) electrons. The summed E-state index contributed by atoms with van der Waals surface area (Å²) in [7, 11) is 0. The molecule has 0 aromatic rings. The first kappa shape index (κ1) is 18.7. The van der Waals surface area contributed by atoms with Gasteiger partial charge < -0.3 is 10.1 Å². The molecule has 1 atom stereocenters. The first-order chi connectivity index (χ1) is 9.42. The van der Waals surface area contributed by atoms with Crippen LogP contribution < -0.4 is 5.32 Å². The number of piperazine rings is 1. The third kappa shape index (κ3) is 6.53. The van der Waals surface area contributed by atoms with Crippen molar-refractivity contribution in [2.45, 2.75) is 58.8 Å². The molecule has 0 bridgehead atoms. The number of hydrogen-bond donors (Lipinski definition) is 1. The summed E-state index contributed by atoms with van der Waals surface area (Å²) in [6.07, 6.45) is -3.61. The third-order valence-corrected chi connectivity index (χ3v) is 4.07. The third-order valence-electron chi connectivity index (χ3n) is 4.07. The van der Waals surface area contributed by atoms with Crippen LogP contribution in [0.5, 0.6) is 0 Å². The van der Waals surface area contributed by atoms with Crippen LogP contribution in [0.4, 0.5) is 13.2 Å². The first-order valence-corrected chi connectivity index (χ1v) is 7.55. The Hall–Kier alpha value is -0.330. The van der Waals surface area contributed by atoms with E-state index in [-0.39, 0.29) is 17.6 Å². The molecule has 0 spiro atoms. The molecule has 0 aliphatic carbocycles. The van der Waals surface area contributed by atoms with Gasteiger partial charge in [-0.05, 0) is 25.7 Å². The summed E-state index contributed by atoms with van der Waals surface area (Å²) in [4.78, 5) is 2.36. The van der Waals surface area contributed by atoms with Crippen LogP contribution in [0, 0.1) is 5.41 Å². The fraction of sp³-hybridized carbons (Fsp3) is 1.00. The Balaban J connectivity index is 2.40. The van der Waals surface area contributed by atoms with Crippen molar-refractivity contribution >= 4 is 0 Å². The number of nitrogens with zero attached hydrogens (tertiary/aromatic N) is 1. The maximum absolute atomic E-state index is 12.0. The highest BCUT2D eigenvalue weighted by atomic mass is 19.4. The minimum atomic E-state index is -4.23. The zero-order valence-corrected chi connectivity index (χ0v) is 13.8. The number of halogens is 3. The van der Waals surface area contributed by atoms with Gasteiger partial charge in [0, 0.05) is 37.8 Å². The largest absolute Gasteiger partial charge is 0.411 e. The van der Waals surface area contributed by atoms with Gasteiger partial charge in [0.1, 0.15) is 6.61 Å². The summed E-state index contributed by atoms with van der Waals surface area (Å²) in [5.41, 5.74) is 0.188. The molecule has 0 aromatic carbocycles. The molecule has 0 amide bonds. The summed E-state index contributed by atoms with van der Waals surface area (Å²) >= 11 is 0. The highest BCUT2D eigenvalue weighted by Crippen LogP contribution is 2.27. The van der Waals surface area contributed by atoms with E-state index in [4.69, 9.17) is 0 Å². The summed E-state index contributed by atoms with van der Waals surface area (Å²) < 4.78 is 40.7. The number of alkyl halides is 3. The van der Waals surface area contributed by atoms with Gasteiger partial charge in [-0.1, -0.05) is 20.8 Å². The lowest BCUT2D eigenvalue weighted by Gasteiger charge is -2.49. The van der Waals surface area contributed by atoms with Crippen molar-refractivity contribution in [1.82, 2.24) is 10.2 Å². The van der Waals surface area contributed by atoms with Crippen LogP contribution in [-0.4, -0.2) is 55.5 Å². The molecular weight excluding hydrogens is 281 g/mol. The zero-order chi connectivity index (χ0) is 16.3. The fourth-order valence-corrected chi connectivity index (χ4v) is 2.54. The fourth-order valence-electron chi connectivity index (χ4n) is 2.54. The van der Waals surface area contributed by atoms with Gasteiger partial charge in [0.25, 0.3) is 0 Å². The van der Waals surface area contributed by atoms with Crippen molar-refractivity contribution in [3.05, 3.63) is 0 Å². The number of hydrogen-bond acceptors (Lipinski definition) is 3. The van der Waals surface area contributed by atoms with Gasteiger partial charge in [0.05, 0.1) is 0 Å². The lowest BCUT2D eigenvalue weighted by Crippen LogP contribution is -2.64. The summed E-state index contributed by atoms with van der Waals surface area (Å²) in [6, 6.07) is 0.390. The van der Waals surface area contributed by atoms with Crippen LogP contribution in [-0.2, 0) is 4.74 Å². The van der Waals surface area contributed by atoms with Crippen molar-refractivity contribution in [2.24, 2.45) is 5.41 Å². The molecule has 1 aliphatic rings. The molecule has 1 saturated heterocycles. The molecule has 1 aliphatic heterocycles. The van der Waals surface area contributed by atoms with Crippen LogP contribution >= 0.6 is 0 Å². The predicted octanol–water partition coefficient (Wildman–Crippen LogP) is 3.05. The lowest BCUT2D eigenvalue weighted by atomic mass is 9.83. The van der Waals surface area contributed by atoms with E-state index in [9.17, 15) is 13.2 Å². The Bertz CT molecular complexity index is 324. The molecule has 1 heterocycles. The number of ether oxygens (including phenoxy) is 1. The Morgan fingerprint density at radius 1 is 1.24 bits per heavy atom. The maximum Gasteiger partial charge on any atom is 0.411 e. The second-order valence-electron chi connectivity index (χ2n) is 7.58. The number of nitrogens with one attached hydrogen (secondary N) is 1. The van der Waals surface area contributed by atoms with E-state index < -0.39 is 12.8 Å². The highest BCUT2D eigenvalue weighted by Gasteiger charge is 2.37. The van der Waals surface area contributed by atoms with Gasteiger partial charge in [0.15, 0.2) is 0 Å². The molecular formula is C15H29F3N2O. The van der Waals surface area contributed by atoms with Crippen molar-refractivity contribution in [3.8, 4) is 0 Å².